The number of aromatic nitrogens is 2. The van der Waals surface area contributed by atoms with Crippen LogP contribution in [0.15, 0.2) is 18.2 Å². The van der Waals surface area contributed by atoms with Crippen LogP contribution in [0.5, 0.6) is 11.5 Å². The molecule has 2 aromatic rings. The Labute approximate surface area is 141 Å². The van der Waals surface area contributed by atoms with Gasteiger partial charge < -0.3 is 9.84 Å². The number of aromatic amines is 1. The molecular formula is C18H21N4O2+. The van der Waals surface area contributed by atoms with E-state index in [9.17, 15) is 5.11 Å². The molecule has 0 aliphatic carbocycles. The summed E-state index contributed by atoms with van der Waals surface area (Å²) in [4.78, 5) is 3.39. The van der Waals surface area contributed by atoms with Gasteiger partial charge in [-0.05, 0) is 24.6 Å². The maximum atomic E-state index is 9.27. The summed E-state index contributed by atoms with van der Waals surface area (Å²) in [6.07, 6.45) is 0.737. The first-order valence-corrected chi connectivity index (χ1v) is 7.89. The smallest absolute Gasteiger partial charge is 0.252 e. The van der Waals surface area contributed by atoms with E-state index >= 15 is 0 Å². The van der Waals surface area contributed by atoms with Gasteiger partial charge >= 0.3 is 0 Å². The van der Waals surface area contributed by atoms with Gasteiger partial charge in [-0.3, -0.25) is 0 Å². The Kier molecular flexibility index (Phi) is 5.57. The number of nitriles is 1. The fourth-order valence-electron chi connectivity index (χ4n) is 2.64. The fourth-order valence-corrected chi connectivity index (χ4v) is 2.64. The van der Waals surface area contributed by atoms with Crippen molar-refractivity contribution < 1.29 is 14.5 Å². The number of aryl methyl sites for hydroxylation is 1. The zero-order valence-corrected chi connectivity index (χ0v) is 14.1. The van der Waals surface area contributed by atoms with Gasteiger partial charge in [0.15, 0.2) is 12.2 Å². The second-order valence-corrected chi connectivity index (χ2v) is 5.73. The second kappa shape index (κ2) is 7.63. The van der Waals surface area contributed by atoms with Gasteiger partial charge in [-0.2, -0.15) is 10.4 Å². The van der Waals surface area contributed by atoms with E-state index in [4.69, 9.17) is 16.6 Å². The van der Waals surface area contributed by atoms with Crippen molar-refractivity contribution in [1.82, 2.24) is 5.10 Å². The number of H-pyrrole nitrogens is 1. The first-order valence-electron chi connectivity index (χ1n) is 7.89. The number of aliphatic hydroxyl groups excluding tert-OH is 1. The highest BCUT2D eigenvalue weighted by molar-refractivity contribution is 5.56. The summed E-state index contributed by atoms with van der Waals surface area (Å²) >= 11 is 0. The van der Waals surface area contributed by atoms with E-state index in [2.05, 4.69) is 23.8 Å². The van der Waals surface area contributed by atoms with Crippen LogP contribution >= 0.6 is 0 Å². The average molecular weight is 325 g/mol. The predicted octanol–water partition coefficient (Wildman–Crippen LogP) is 3.20. The third kappa shape index (κ3) is 3.56. The van der Waals surface area contributed by atoms with Crippen LogP contribution in [0.4, 0.5) is 5.69 Å². The highest BCUT2D eigenvalue weighted by Gasteiger charge is 2.28. The zero-order valence-electron chi connectivity index (χ0n) is 14.1. The molecule has 0 spiro atoms. The van der Waals surface area contributed by atoms with Crippen LogP contribution in [0.25, 0.3) is 4.85 Å². The van der Waals surface area contributed by atoms with Crippen molar-refractivity contribution in [3.8, 4) is 17.6 Å². The van der Waals surface area contributed by atoms with E-state index in [1.54, 1.807) is 12.1 Å². The summed E-state index contributed by atoms with van der Waals surface area (Å²) in [5.41, 5.74) is 2.62. The summed E-state index contributed by atoms with van der Waals surface area (Å²) in [5, 5.41) is 21.7. The highest BCUT2D eigenvalue weighted by atomic mass is 16.5. The lowest BCUT2D eigenvalue weighted by Gasteiger charge is -2.08. The molecule has 0 bridgehead atoms. The van der Waals surface area contributed by atoms with E-state index < -0.39 is 0 Å². The number of ether oxygens (including phenoxy) is 1. The maximum absolute atomic E-state index is 9.27. The Morgan fingerprint density at radius 2 is 2.17 bits per heavy atom. The molecule has 1 aromatic carbocycles. The van der Waals surface area contributed by atoms with Crippen LogP contribution in [0.2, 0.25) is 0 Å². The molecule has 0 saturated heterocycles. The quantitative estimate of drug-likeness (QED) is 0.632. The minimum Gasteiger partial charge on any atom is -0.450 e. The molecule has 0 fully saturated rings. The van der Waals surface area contributed by atoms with Crippen molar-refractivity contribution in [2.24, 2.45) is 0 Å². The Morgan fingerprint density at radius 3 is 2.71 bits per heavy atom. The van der Waals surface area contributed by atoms with Gasteiger partial charge in [0.1, 0.15) is 18.1 Å². The maximum Gasteiger partial charge on any atom is 0.252 e. The molecule has 6 heteroatoms. The van der Waals surface area contributed by atoms with Crippen molar-refractivity contribution >= 4 is 5.69 Å². The topological polar surface area (TPSA) is 77.3 Å². The van der Waals surface area contributed by atoms with Gasteiger partial charge in [-0.25, -0.2) is 4.85 Å². The minimum atomic E-state index is 0.0271. The number of rotatable bonds is 6. The summed E-state index contributed by atoms with van der Waals surface area (Å²) in [6, 6.07) is 6.84. The van der Waals surface area contributed by atoms with Crippen LogP contribution in [0.1, 0.15) is 43.6 Å². The normalized spacial score (nSPS) is 10.5. The van der Waals surface area contributed by atoms with Crippen LogP contribution in [0.3, 0.4) is 0 Å². The Morgan fingerprint density at radius 1 is 1.42 bits per heavy atom. The molecule has 0 amide bonds. The van der Waals surface area contributed by atoms with Gasteiger partial charge in [-0.1, -0.05) is 20.8 Å². The first-order chi connectivity index (χ1) is 11.5. The number of benzene rings is 1. The lowest BCUT2D eigenvalue weighted by atomic mass is 10.1. The van der Waals surface area contributed by atoms with Crippen molar-refractivity contribution in [1.29, 1.82) is 5.26 Å². The monoisotopic (exact) mass is 325 g/mol. The Balaban J connectivity index is 2.53. The van der Waals surface area contributed by atoms with E-state index in [0.717, 1.165) is 17.8 Å². The number of nitrogens with one attached hydrogen (secondary N) is 1. The van der Waals surface area contributed by atoms with Crippen molar-refractivity contribution in [2.45, 2.75) is 39.7 Å². The lowest BCUT2D eigenvalue weighted by Crippen LogP contribution is -2.41. The number of hydrogen-bond donors (Lipinski definition) is 2. The third-order valence-electron chi connectivity index (χ3n) is 3.66. The molecule has 6 nitrogen and oxygen atoms in total. The van der Waals surface area contributed by atoms with E-state index in [1.165, 1.54) is 6.07 Å². The summed E-state index contributed by atoms with van der Waals surface area (Å²) in [7, 11) is 0. The van der Waals surface area contributed by atoms with E-state index in [-0.39, 0.29) is 12.5 Å². The van der Waals surface area contributed by atoms with Crippen molar-refractivity contribution in [2.75, 3.05) is 6.61 Å². The van der Waals surface area contributed by atoms with Gasteiger partial charge in [0.2, 0.25) is 5.75 Å². The third-order valence-corrected chi connectivity index (χ3v) is 3.66. The Bertz CT molecular complexity index is 777. The summed E-state index contributed by atoms with van der Waals surface area (Å²) in [5.74, 6) is 1.35. The van der Waals surface area contributed by atoms with E-state index in [1.807, 2.05) is 17.7 Å². The van der Waals surface area contributed by atoms with Gasteiger partial charge in [-0.15, -0.1) is 4.68 Å². The van der Waals surface area contributed by atoms with E-state index in [0.29, 0.717) is 29.3 Å². The SMILES string of the molecule is [C-]#[N+]c1cc(C#N)cc(Oc2c(CC)[nH][n+](CCO)c2C(C)C)c1. The molecule has 124 valence electrons. The predicted molar refractivity (Wildman–Crippen MR) is 89.0 cm³/mol. The molecule has 0 aliphatic heterocycles. The van der Waals surface area contributed by atoms with Crippen molar-refractivity contribution in [3.63, 3.8) is 0 Å². The van der Waals surface area contributed by atoms with Crippen LogP contribution < -0.4 is 9.42 Å². The first kappa shape index (κ1) is 17.5. The molecule has 0 saturated carbocycles. The lowest BCUT2D eigenvalue weighted by molar-refractivity contribution is -0.758. The Hall–Kier alpha value is -2.83. The molecule has 1 aromatic heterocycles. The molecule has 0 radical (unpaired) electrons. The molecule has 2 rings (SSSR count). The van der Waals surface area contributed by atoms with Gasteiger partial charge in [0.05, 0.1) is 12.6 Å². The molecule has 0 unspecified atom stereocenters. The van der Waals surface area contributed by atoms with Crippen LogP contribution in [0, 0.1) is 17.9 Å². The number of hydrogen-bond acceptors (Lipinski definition) is 3. The summed E-state index contributed by atoms with van der Waals surface area (Å²) in [6.45, 7) is 13.8. The largest absolute Gasteiger partial charge is 0.450 e. The van der Waals surface area contributed by atoms with Crippen molar-refractivity contribution in [3.05, 3.63) is 46.6 Å². The number of aliphatic hydroxyl groups is 1. The molecule has 0 atom stereocenters. The average Bonchev–Trinajstić information content (AvgIpc) is 2.92. The minimum absolute atomic E-state index is 0.0271. The molecule has 1 heterocycles. The molecule has 0 aliphatic rings. The fraction of sp³-hybridized carbons (Fsp3) is 0.389. The van der Waals surface area contributed by atoms with Gasteiger partial charge in [0.25, 0.3) is 5.69 Å². The second-order valence-electron chi connectivity index (χ2n) is 5.73. The number of nitrogens with zero attached hydrogens (tertiary/aromatic N) is 3. The molecule has 24 heavy (non-hydrogen) atoms. The molecular weight excluding hydrogens is 304 g/mol. The molecule has 2 N–H and O–H groups in total. The highest BCUT2D eigenvalue weighted by Crippen LogP contribution is 2.33. The van der Waals surface area contributed by atoms with Gasteiger partial charge in [0, 0.05) is 11.5 Å². The zero-order chi connectivity index (χ0) is 17.7. The van der Waals surface area contributed by atoms with Crippen LogP contribution in [-0.4, -0.2) is 16.8 Å². The van der Waals surface area contributed by atoms with Crippen LogP contribution in [-0.2, 0) is 13.0 Å². The standard InChI is InChI=1S/C18H20N4O2/c1-5-16-18(17(12(2)3)22(21-16)6-7-23)24-15-9-13(11-19)8-14(10-15)20-4/h8-10,12,23H,5-7H2,1-3H3/p+1. The summed E-state index contributed by atoms with van der Waals surface area (Å²) < 4.78 is 7.97.